The zero-order valence-corrected chi connectivity index (χ0v) is 13.8. The van der Waals surface area contributed by atoms with Crippen LogP contribution in [0.1, 0.15) is 6.92 Å². The Labute approximate surface area is 139 Å². The van der Waals surface area contributed by atoms with Crippen LogP contribution in [0.25, 0.3) is 10.2 Å². The number of morpholine rings is 1. The van der Waals surface area contributed by atoms with Gasteiger partial charge < -0.3 is 15.0 Å². The van der Waals surface area contributed by atoms with Crippen molar-refractivity contribution in [3.63, 3.8) is 0 Å². The number of carbonyl (C=O) groups is 1. The van der Waals surface area contributed by atoms with Crippen molar-refractivity contribution in [3.8, 4) is 0 Å². The third-order valence-corrected chi connectivity index (χ3v) is 4.56. The van der Waals surface area contributed by atoms with Crippen molar-refractivity contribution in [3.05, 3.63) is 42.5 Å². The number of nitrogens with one attached hydrogen (secondary N) is 1. The van der Waals surface area contributed by atoms with E-state index in [1.165, 1.54) is 6.08 Å². The number of hydrogen-bond acceptors (Lipinski definition) is 5. The van der Waals surface area contributed by atoms with Gasteiger partial charge in [0.2, 0.25) is 5.91 Å². The number of anilines is 2. The van der Waals surface area contributed by atoms with E-state index in [4.69, 9.17) is 4.74 Å². The minimum Gasteiger partial charge on any atom is -0.378 e. The lowest BCUT2D eigenvalue weighted by atomic mass is 10.3. The molecule has 0 radical (unpaired) electrons. The van der Waals surface area contributed by atoms with E-state index < -0.39 is 0 Å². The summed E-state index contributed by atoms with van der Waals surface area (Å²) in [5.74, 6) is -0.139. The highest BCUT2D eigenvalue weighted by atomic mass is 32.1. The lowest BCUT2D eigenvalue weighted by Crippen LogP contribution is -2.36. The van der Waals surface area contributed by atoms with Crippen molar-refractivity contribution in [2.45, 2.75) is 6.92 Å². The Bertz CT molecular complexity index is 745. The topological polar surface area (TPSA) is 54.5 Å². The summed E-state index contributed by atoms with van der Waals surface area (Å²) in [6.07, 6.45) is 6.92. The van der Waals surface area contributed by atoms with Crippen molar-refractivity contribution in [2.24, 2.45) is 0 Å². The van der Waals surface area contributed by atoms with Gasteiger partial charge in [0.15, 0.2) is 5.13 Å². The number of rotatable bonds is 4. The maximum Gasteiger partial charge on any atom is 0.248 e. The molecule has 5 nitrogen and oxygen atoms in total. The Balaban J connectivity index is 1.75. The first-order valence-electron chi connectivity index (χ1n) is 7.60. The lowest BCUT2D eigenvalue weighted by Gasteiger charge is -2.25. The molecular formula is C17H19N3O2S. The standard InChI is InChI=1S/C17H19N3O2S/c1-2-3-4-5-16(21)18-13-6-7-14-15(12-13)23-17(19-14)20-8-10-22-11-9-20/h2-7,12H,8-11H2,1H3,(H,18,21). The molecule has 1 saturated heterocycles. The molecule has 6 heteroatoms. The van der Waals surface area contributed by atoms with E-state index in [9.17, 15) is 4.79 Å². The number of benzene rings is 1. The zero-order chi connectivity index (χ0) is 16.1. The average molecular weight is 329 g/mol. The van der Waals surface area contributed by atoms with E-state index in [2.05, 4.69) is 15.2 Å². The summed E-state index contributed by atoms with van der Waals surface area (Å²) in [5, 5.41) is 3.88. The molecule has 3 rings (SSSR count). The number of hydrogen-bond donors (Lipinski definition) is 1. The van der Waals surface area contributed by atoms with E-state index >= 15 is 0 Å². The number of carbonyl (C=O) groups excluding carboxylic acids is 1. The third-order valence-electron chi connectivity index (χ3n) is 3.48. The Morgan fingerprint density at radius 1 is 1.35 bits per heavy atom. The first kappa shape index (κ1) is 15.7. The summed E-state index contributed by atoms with van der Waals surface area (Å²) < 4.78 is 6.45. The van der Waals surface area contributed by atoms with Gasteiger partial charge in [-0.2, -0.15) is 0 Å². The quantitative estimate of drug-likeness (QED) is 0.691. The molecule has 1 aliphatic rings. The molecule has 1 amide bonds. The summed E-state index contributed by atoms with van der Waals surface area (Å²) >= 11 is 1.65. The summed E-state index contributed by atoms with van der Waals surface area (Å²) in [7, 11) is 0. The fraction of sp³-hybridized carbons (Fsp3) is 0.294. The van der Waals surface area contributed by atoms with Crippen molar-refractivity contribution in [1.29, 1.82) is 0 Å². The van der Waals surface area contributed by atoms with Crippen LogP contribution >= 0.6 is 11.3 Å². The minimum absolute atomic E-state index is 0.139. The molecule has 1 fully saturated rings. The predicted octanol–water partition coefficient (Wildman–Crippen LogP) is 3.20. The molecule has 1 N–H and O–H groups in total. The molecule has 0 saturated carbocycles. The van der Waals surface area contributed by atoms with Gasteiger partial charge in [-0.1, -0.05) is 29.6 Å². The molecule has 0 unspecified atom stereocenters. The van der Waals surface area contributed by atoms with Crippen LogP contribution in [0.2, 0.25) is 0 Å². The SMILES string of the molecule is CC=CC=CC(=O)Nc1ccc2nc(N3CCOCC3)sc2c1. The van der Waals surface area contributed by atoms with Crippen LogP contribution in [0.15, 0.2) is 42.5 Å². The van der Waals surface area contributed by atoms with Crippen LogP contribution in [0.4, 0.5) is 10.8 Å². The van der Waals surface area contributed by atoms with Gasteiger partial charge in [-0.3, -0.25) is 4.79 Å². The smallest absolute Gasteiger partial charge is 0.248 e. The maximum atomic E-state index is 11.8. The molecule has 1 aliphatic heterocycles. The number of ether oxygens (including phenoxy) is 1. The molecule has 1 aromatic heterocycles. The van der Waals surface area contributed by atoms with Crippen LogP contribution in [0.5, 0.6) is 0 Å². The van der Waals surface area contributed by atoms with Crippen LogP contribution in [0.3, 0.4) is 0 Å². The molecule has 120 valence electrons. The Kier molecular flexibility index (Phi) is 5.05. The number of allylic oxidation sites excluding steroid dienone is 3. The Morgan fingerprint density at radius 3 is 2.96 bits per heavy atom. The number of aromatic nitrogens is 1. The zero-order valence-electron chi connectivity index (χ0n) is 13.0. The first-order valence-corrected chi connectivity index (χ1v) is 8.41. The Hall–Kier alpha value is -2.18. The molecule has 23 heavy (non-hydrogen) atoms. The van der Waals surface area contributed by atoms with Gasteiger partial charge in [-0.25, -0.2) is 4.98 Å². The second-order valence-electron chi connectivity index (χ2n) is 5.15. The second kappa shape index (κ2) is 7.39. The molecule has 0 bridgehead atoms. The van der Waals surface area contributed by atoms with Gasteiger partial charge in [0, 0.05) is 24.9 Å². The number of amides is 1. The highest BCUT2D eigenvalue weighted by Crippen LogP contribution is 2.31. The summed E-state index contributed by atoms with van der Waals surface area (Å²) in [6, 6.07) is 5.80. The van der Waals surface area contributed by atoms with Gasteiger partial charge in [0.05, 0.1) is 23.4 Å². The molecule has 2 aromatic rings. The van der Waals surface area contributed by atoms with E-state index in [-0.39, 0.29) is 5.91 Å². The number of nitrogens with zero attached hydrogens (tertiary/aromatic N) is 2. The monoisotopic (exact) mass is 329 g/mol. The summed E-state index contributed by atoms with van der Waals surface area (Å²) in [5.41, 5.74) is 1.74. The van der Waals surface area contributed by atoms with Crippen LogP contribution in [0, 0.1) is 0 Å². The van der Waals surface area contributed by atoms with Gasteiger partial charge in [0.25, 0.3) is 0 Å². The van der Waals surface area contributed by atoms with Gasteiger partial charge in [-0.05, 0) is 25.1 Å². The van der Waals surface area contributed by atoms with E-state index in [1.54, 1.807) is 17.4 Å². The highest BCUT2D eigenvalue weighted by Gasteiger charge is 2.15. The maximum absolute atomic E-state index is 11.8. The van der Waals surface area contributed by atoms with Crippen LogP contribution in [-0.4, -0.2) is 37.2 Å². The average Bonchev–Trinajstić information content (AvgIpc) is 2.99. The first-order chi connectivity index (χ1) is 11.3. The van der Waals surface area contributed by atoms with E-state index in [0.29, 0.717) is 0 Å². The van der Waals surface area contributed by atoms with Crippen molar-refractivity contribution < 1.29 is 9.53 Å². The molecule has 1 aromatic carbocycles. The van der Waals surface area contributed by atoms with Gasteiger partial charge >= 0.3 is 0 Å². The summed E-state index contributed by atoms with van der Waals surface area (Å²) in [6.45, 7) is 5.15. The minimum atomic E-state index is -0.139. The van der Waals surface area contributed by atoms with Crippen molar-refractivity contribution >= 4 is 38.3 Å². The number of thiazole rings is 1. The van der Waals surface area contributed by atoms with E-state index in [1.807, 2.05) is 37.3 Å². The fourth-order valence-electron chi connectivity index (χ4n) is 2.32. The molecule has 0 atom stereocenters. The molecule has 2 heterocycles. The van der Waals surface area contributed by atoms with Crippen molar-refractivity contribution in [2.75, 3.05) is 36.5 Å². The third kappa shape index (κ3) is 3.97. The Morgan fingerprint density at radius 2 is 2.17 bits per heavy atom. The normalized spacial score (nSPS) is 15.8. The van der Waals surface area contributed by atoms with Crippen LogP contribution in [-0.2, 0) is 9.53 Å². The highest BCUT2D eigenvalue weighted by molar-refractivity contribution is 7.22. The van der Waals surface area contributed by atoms with Crippen LogP contribution < -0.4 is 10.2 Å². The van der Waals surface area contributed by atoms with Gasteiger partial charge in [-0.15, -0.1) is 0 Å². The molecule has 0 aliphatic carbocycles. The van der Waals surface area contributed by atoms with Crippen molar-refractivity contribution in [1.82, 2.24) is 4.98 Å². The fourth-order valence-corrected chi connectivity index (χ4v) is 3.37. The van der Waals surface area contributed by atoms with Gasteiger partial charge in [0.1, 0.15) is 0 Å². The summed E-state index contributed by atoms with van der Waals surface area (Å²) in [4.78, 5) is 18.7. The predicted molar refractivity (Wildman–Crippen MR) is 95.2 cm³/mol. The molecular weight excluding hydrogens is 310 g/mol. The largest absolute Gasteiger partial charge is 0.378 e. The van der Waals surface area contributed by atoms with E-state index in [0.717, 1.165) is 47.3 Å². The lowest BCUT2D eigenvalue weighted by molar-refractivity contribution is -0.111. The number of fused-ring (bicyclic) bond motifs is 1. The molecule has 0 spiro atoms. The second-order valence-corrected chi connectivity index (χ2v) is 6.16.